The van der Waals surface area contributed by atoms with Crippen LogP contribution >= 0.6 is 0 Å². The van der Waals surface area contributed by atoms with Crippen LogP contribution in [0.15, 0.2) is 24.3 Å². The van der Waals surface area contributed by atoms with Crippen molar-refractivity contribution in [3.63, 3.8) is 0 Å². The van der Waals surface area contributed by atoms with Crippen LogP contribution in [0.3, 0.4) is 0 Å². The van der Waals surface area contributed by atoms with E-state index in [1.807, 2.05) is 52.0 Å². The van der Waals surface area contributed by atoms with Gasteiger partial charge in [0.2, 0.25) is 11.8 Å². The molecule has 1 saturated heterocycles. The van der Waals surface area contributed by atoms with Crippen molar-refractivity contribution in [3.05, 3.63) is 29.8 Å². The summed E-state index contributed by atoms with van der Waals surface area (Å²) in [6.07, 6.45) is 1.81. The lowest BCUT2D eigenvalue weighted by Crippen LogP contribution is -2.55. The van der Waals surface area contributed by atoms with E-state index in [2.05, 4.69) is 5.32 Å². The largest absolute Gasteiger partial charge is 0.494 e. The van der Waals surface area contributed by atoms with Gasteiger partial charge in [0.05, 0.1) is 13.2 Å². The van der Waals surface area contributed by atoms with Crippen molar-refractivity contribution in [2.75, 3.05) is 6.61 Å². The summed E-state index contributed by atoms with van der Waals surface area (Å²) in [5.41, 5.74) is 0.122. The molecule has 1 heterocycles. The van der Waals surface area contributed by atoms with Crippen molar-refractivity contribution in [1.82, 2.24) is 10.2 Å². The SMILES string of the molecule is CCOc1ccccc1CN1C(=O)CCC1(C)C(=O)NC(C)CC. The number of hydrogen-bond donors (Lipinski definition) is 1. The average Bonchev–Trinajstić information content (AvgIpc) is 2.86. The maximum Gasteiger partial charge on any atom is 0.245 e. The number of ether oxygens (including phenoxy) is 1. The normalized spacial score (nSPS) is 21.7. The van der Waals surface area contributed by atoms with E-state index in [0.717, 1.165) is 17.7 Å². The van der Waals surface area contributed by atoms with Crippen molar-refractivity contribution < 1.29 is 14.3 Å². The van der Waals surface area contributed by atoms with Gasteiger partial charge >= 0.3 is 0 Å². The highest BCUT2D eigenvalue weighted by atomic mass is 16.5. The Balaban J connectivity index is 2.23. The first-order valence-electron chi connectivity index (χ1n) is 8.74. The molecular weight excluding hydrogens is 304 g/mol. The van der Waals surface area contributed by atoms with Gasteiger partial charge in [0.1, 0.15) is 11.3 Å². The van der Waals surface area contributed by atoms with Crippen LogP contribution in [0.2, 0.25) is 0 Å². The number of hydrogen-bond acceptors (Lipinski definition) is 3. The summed E-state index contributed by atoms with van der Waals surface area (Å²) in [5.74, 6) is 0.712. The maximum atomic E-state index is 12.8. The van der Waals surface area contributed by atoms with E-state index in [0.29, 0.717) is 26.0 Å². The van der Waals surface area contributed by atoms with Gasteiger partial charge in [-0.2, -0.15) is 0 Å². The van der Waals surface area contributed by atoms with Crippen LogP contribution < -0.4 is 10.1 Å². The Morgan fingerprint density at radius 3 is 2.75 bits per heavy atom. The summed E-state index contributed by atoms with van der Waals surface area (Å²) < 4.78 is 5.65. The quantitative estimate of drug-likeness (QED) is 0.835. The summed E-state index contributed by atoms with van der Waals surface area (Å²) in [7, 11) is 0. The number of rotatable bonds is 7. The number of carbonyl (C=O) groups is 2. The highest BCUT2D eigenvalue weighted by Crippen LogP contribution is 2.33. The number of para-hydroxylation sites is 1. The van der Waals surface area contributed by atoms with E-state index in [-0.39, 0.29) is 17.9 Å². The van der Waals surface area contributed by atoms with Gasteiger partial charge in [0.15, 0.2) is 0 Å². The van der Waals surface area contributed by atoms with Crippen LogP contribution in [0, 0.1) is 0 Å². The number of amides is 2. The molecule has 0 saturated carbocycles. The minimum absolute atomic E-state index is 0.0168. The Morgan fingerprint density at radius 1 is 1.38 bits per heavy atom. The lowest BCUT2D eigenvalue weighted by Gasteiger charge is -2.35. The monoisotopic (exact) mass is 332 g/mol. The Hall–Kier alpha value is -2.04. The molecule has 132 valence electrons. The fourth-order valence-electron chi connectivity index (χ4n) is 2.98. The molecule has 24 heavy (non-hydrogen) atoms. The molecule has 0 aromatic heterocycles. The molecule has 2 unspecified atom stereocenters. The van der Waals surface area contributed by atoms with E-state index in [1.54, 1.807) is 4.90 Å². The van der Waals surface area contributed by atoms with Crippen LogP contribution in [-0.4, -0.2) is 34.9 Å². The summed E-state index contributed by atoms with van der Waals surface area (Å²) in [5, 5.41) is 3.02. The van der Waals surface area contributed by atoms with E-state index in [1.165, 1.54) is 0 Å². The van der Waals surface area contributed by atoms with Gasteiger partial charge in [-0.3, -0.25) is 9.59 Å². The smallest absolute Gasteiger partial charge is 0.245 e. The van der Waals surface area contributed by atoms with Crippen LogP contribution in [-0.2, 0) is 16.1 Å². The first-order valence-corrected chi connectivity index (χ1v) is 8.74. The van der Waals surface area contributed by atoms with Crippen molar-refractivity contribution in [2.24, 2.45) is 0 Å². The maximum absolute atomic E-state index is 12.8. The number of nitrogens with one attached hydrogen (secondary N) is 1. The van der Waals surface area contributed by atoms with Crippen LogP contribution in [0.25, 0.3) is 0 Å². The van der Waals surface area contributed by atoms with Crippen LogP contribution in [0.4, 0.5) is 0 Å². The molecule has 2 rings (SSSR count). The Morgan fingerprint density at radius 2 is 2.08 bits per heavy atom. The fraction of sp³-hybridized carbons (Fsp3) is 0.579. The number of nitrogens with zero attached hydrogens (tertiary/aromatic N) is 1. The predicted octanol–water partition coefficient (Wildman–Crippen LogP) is 2.88. The van der Waals surface area contributed by atoms with Gasteiger partial charge in [-0.1, -0.05) is 25.1 Å². The minimum atomic E-state index is -0.806. The molecule has 1 aliphatic heterocycles. The molecule has 1 aromatic carbocycles. The minimum Gasteiger partial charge on any atom is -0.494 e. The lowest BCUT2D eigenvalue weighted by atomic mass is 9.96. The van der Waals surface area contributed by atoms with E-state index in [9.17, 15) is 9.59 Å². The number of benzene rings is 1. The molecular formula is C19H28N2O3. The molecule has 1 fully saturated rings. The zero-order valence-electron chi connectivity index (χ0n) is 15.1. The molecule has 2 atom stereocenters. The second-order valence-corrected chi connectivity index (χ2v) is 6.58. The summed E-state index contributed by atoms with van der Waals surface area (Å²) in [6.45, 7) is 8.76. The summed E-state index contributed by atoms with van der Waals surface area (Å²) in [6, 6.07) is 7.78. The summed E-state index contributed by atoms with van der Waals surface area (Å²) >= 11 is 0. The molecule has 5 nitrogen and oxygen atoms in total. The van der Waals surface area contributed by atoms with Gasteiger partial charge < -0.3 is 15.0 Å². The molecule has 0 bridgehead atoms. The van der Waals surface area contributed by atoms with Crippen LogP contribution in [0.1, 0.15) is 52.5 Å². The highest BCUT2D eigenvalue weighted by molar-refractivity contribution is 5.94. The Kier molecular flexibility index (Phi) is 5.86. The standard InChI is InChI=1S/C19H28N2O3/c1-5-14(3)20-18(23)19(4)12-11-17(22)21(19)13-15-9-7-8-10-16(15)24-6-2/h7-10,14H,5-6,11-13H2,1-4H3,(H,20,23). The zero-order valence-corrected chi connectivity index (χ0v) is 15.1. The second-order valence-electron chi connectivity index (χ2n) is 6.58. The van der Waals surface area contributed by atoms with Gasteiger partial charge in [-0.15, -0.1) is 0 Å². The molecule has 1 N–H and O–H groups in total. The Labute approximate surface area is 144 Å². The molecule has 0 aliphatic carbocycles. The van der Waals surface area contributed by atoms with Gasteiger partial charge in [0.25, 0.3) is 0 Å². The third-order valence-corrected chi connectivity index (χ3v) is 4.80. The molecule has 0 radical (unpaired) electrons. The van der Waals surface area contributed by atoms with Gasteiger partial charge in [-0.25, -0.2) is 0 Å². The molecule has 1 aromatic rings. The predicted molar refractivity (Wildman–Crippen MR) is 93.7 cm³/mol. The lowest BCUT2D eigenvalue weighted by molar-refractivity contribution is -0.141. The van der Waals surface area contributed by atoms with Crippen molar-refractivity contribution >= 4 is 11.8 Å². The topological polar surface area (TPSA) is 58.6 Å². The van der Waals surface area contributed by atoms with Gasteiger partial charge in [-0.05, 0) is 39.7 Å². The van der Waals surface area contributed by atoms with Crippen LogP contribution in [0.5, 0.6) is 5.75 Å². The fourth-order valence-corrected chi connectivity index (χ4v) is 2.98. The third kappa shape index (κ3) is 3.71. The highest BCUT2D eigenvalue weighted by Gasteiger charge is 2.47. The number of carbonyl (C=O) groups excluding carboxylic acids is 2. The summed E-state index contributed by atoms with van der Waals surface area (Å²) in [4.78, 5) is 26.9. The average molecular weight is 332 g/mol. The first kappa shape index (κ1) is 18.3. The van der Waals surface area contributed by atoms with Gasteiger partial charge in [0, 0.05) is 18.0 Å². The molecule has 0 spiro atoms. The van der Waals surface area contributed by atoms with Crippen molar-refractivity contribution in [3.8, 4) is 5.75 Å². The zero-order chi connectivity index (χ0) is 17.7. The molecule has 1 aliphatic rings. The van der Waals surface area contributed by atoms with E-state index in [4.69, 9.17) is 4.74 Å². The van der Waals surface area contributed by atoms with E-state index < -0.39 is 5.54 Å². The third-order valence-electron chi connectivity index (χ3n) is 4.80. The van der Waals surface area contributed by atoms with Crippen molar-refractivity contribution in [2.45, 2.75) is 65.1 Å². The Bertz CT molecular complexity index is 602. The number of likely N-dealkylation sites (tertiary alicyclic amines) is 1. The molecule has 5 heteroatoms. The second kappa shape index (κ2) is 7.69. The first-order chi connectivity index (χ1) is 11.4. The molecule has 2 amide bonds. The van der Waals surface area contributed by atoms with E-state index >= 15 is 0 Å². The van der Waals surface area contributed by atoms with Crippen molar-refractivity contribution in [1.29, 1.82) is 0 Å².